The summed E-state index contributed by atoms with van der Waals surface area (Å²) in [7, 11) is 1.61. The molecule has 3 aromatic heterocycles. The van der Waals surface area contributed by atoms with Gasteiger partial charge in [-0.3, -0.25) is 10.1 Å². The van der Waals surface area contributed by atoms with Crippen molar-refractivity contribution in [3.63, 3.8) is 0 Å². The molecule has 1 aromatic carbocycles. The molecule has 4 rings (SSSR count). The fourth-order valence-electron chi connectivity index (χ4n) is 2.64. The molecule has 0 bridgehead atoms. The van der Waals surface area contributed by atoms with E-state index in [1.807, 2.05) is 19.1 Å². The number of hydrogen-bond donors (Lipinski definition) is 2. The number of rotatable bonds is 3. The van der Waals surface area contributed by atoms with E-state index in [0.717, 1.165) is 22.6 Å². The van der Waals surface area contributed by atoms with Gasteiger partial charge in [0, 0.05) is 11.8 Å². The Bertz CT molecular complexity index is 1080. The lowest BCUT2D eigenvalue weighted by atomic mass is 10.2. The van der Waals surface area contributed by atoms with E-state index in [9.17, 15) is 4.79 Å². The van der Waals surface area contributed by atoms with Crippen molar-refractivity contribution in [3.8, 4) is 22.7 Å². The number of aromatic amines is 2. The Morgan fingerprint density at radius 1 is 1.25 bits per heavy atom. The molecule has 4 aromatic rings. The molecule has 0 radical (unpaired) electrons. The van der Waals surface area contributed by atoms with Gasteiger partial charge >= 0.3 is 5.69 Å². The first-order valence-corrected chi connectivity index (χ1v) is 7.29. The molecule has 0 aliphatic rings. The van der Waals surface area contributed by atoms with Crippen LogP contribution in [0, 0.1) is 6.92 Å². The maximum atomic E-state index is 12.4. The molecule has 3 heterocycles. The number of H-pyrrole nitrogens is 2. The van der Waals surface area contributed by atoms with E-state index in [-0.39, 0.29) is 5.69 Å². The highest BCUT2D eigenvalue weighted by atomic mass is 16.5. The number of ether oxygens (including phenoxy) is 1. The number of fused-ring (bicyclic) bond motifs is 1. The van der Waals surface area contributed by atoms with Crippen molar-refractivity contribution < 1.29 is 4.74 Å². The Kier molecular flexibility index (Phi) is 3.16. The van der Waals surface area contributed by atoms with Gasteiger partial charge in [0.05, 0.1) is 30.9 Å². The molecular weight excluding hydrogens is 308 g/mol. The molecule has 0 fully saturated rings. The van der Waals surface area contributed by atoms with Crippen LogP contribution in [0.2, 0.25) is 0 Å². The smallest absolute Gasteiger partial charge is 0.333 e. The SMILES string of the molecule is COc1ccc(-n2c(=O)[nH]c3nc(-c4cn[nH]c4)cnc32)c(C)c1. The Balaban J connectivity index is 1.91. The van der Waals surface area contributed by atoms with Crippen molar-refractivity contribution in [1.29, 1.82) is 0 Å². The van der Waals surface area contributed by atoms with Crippen LogP contribution in [0.4, 0.5) is 0 Å². The Morgan fingerprint density at radius 3 is 2.83 bits per heavy atom. The summed E-state index contributed by atoms with van der Waals surface area (Å²) in [5, 5.41) is 6.63. The Hall–Kier alpha value is -3.42. The second-order valence-corrected chi connectivity index (χ2v) is 5.33. The number of hydrogen-bond acceptors (Lipinski definition) is 5. The number of nitrogens with zero attached hydrogens (tertiary/aromatic N) is 4. The van der Waals surface area contributed by atoms with Crippen molar-refractivity contribution >= 4 is 11.3 Å². The van der Waals surface area contributed by atoms with Crippen LogP contribution in [-0.2, 0) is 0 Å². The van der Waals surface area contributed by atoms with Gasteiger partial charge in [0.25, 0.3) is 0 Å². The molecule has 0 aliphatic heterocycles. The zero-order valence-electron chi connectivity index (χ0n) is 13.1. The summed E-state index contributed by atoms with van der Waals surface area (Å²) in [6.07, 6.45) is 4.99. The summed E-state index contributed by atoms with van der Waals surface area (Å²) < 4.78 is 6.72. The number of methoxy groups -OCH3 is 1. The highest BCUT2D eigenvalue weighted by Crippen LogP contribution is 2.22. The van der Waals surface area contributed by atoms with Crippen molar-refractivity contribution in [3.05, 3.63) is 52.8 Å². The van der Waals surface area contributed by atoms with Gasteiger partial charge in [-0.25, -0.2) is 19.3 Å². The average molecular weight is 322 g/mol. The van der Waals surface area contributed by atoms with Crippen molar-refractivity contribution in [2.24, 2.45) is 0 Å². The molecular formula is C16H14N6O2. The highest BCUT2D eigenvalue weighted by Gasteiger charge is 2.14. The van der Waals surface area contributed by atoms with Gasteiger partial charge < -0.3 is 4.74 Å². The fourth-order valence-corrected chi connectivity index (χ4v) is 2.64. The fraction of sp³-hybridized carbons (Fsp3) is 0.125. The predicted octanol–water partition coefficient (Wildman–Crippen LogP) is 1.82. The second-order valence-electron chi connectivity index (χ2n) is 5.33. The van der Waals surface area contributed by atoms with Gasteiger partial charge in [-0.15, -0.1) is 0 Å². The summed E-state index contributed by atoms with van der Waals surface area (Å²) in [5.74, 6) is 0.734. The first-order chi connectivity index (χ1) is 11.7. The Morgan fingerprint density at radius 2 is 2.12 bits per heavy atom. The highest BCUT2D eigenvalue weighted by molar-refractivity contribution is 5.72. The minimum absolute atomic E-state index is 0.289. The number of benzene rings is 1. The van der Waals surface area contributed by atoms with Crippen LogP contribution in [0.1, 0.15) is 5.56 Å². The summed E-state index contributed by atoms with van der Waals surface area (Å²) >= 11 is 0. The minimum atomic E-state index is -0.289. The monoisotopic (exact) mass is 322 g/mol. The topological polar surface area (TPSA) is 101 Å². The third kappa shape index (κ3) is 2.16. The molecule has 120 valence electrons. The maximum absolute atomic E-state index is 12.4. The van der Waals surface area contributed by atoms with Gasteiger partial charge in [-0.1, -0.05) is 0 Å². The van der Waals surface area contributed by atoms with E-state index < -0.39 is 0 Å². The normalized spacial score (nSPS) is 11.1. The van der Waals surface area contributed by atoms with Crippen molar-refractivity contribution in [1.82, 2.24) is 29.7 Å². The first kappa shape index (κ1) is 14.2. The average Bonchev–Trinajstić information content (AvgIpc) is 3.21. The minimum Gasteiger partial charge on any atom is -0.497 e. The lowest BCUT2D eigenvalue weighted by Gasteiger charge is -2.08. The first-order valence-electron chi connectivity index (χ1n) is 7.29. The summed E-state index contributed by atoms with van der Waals surface area (Å²) in [5.41, 5.74) is 3.68. The number of aryl methyl sites for hydroxylation is 1. The van der Waals surface area contributed by atoms with E-state index in [1.165, 1.54) is 4.57 Å². The largest absolute Gasteiger partial charge is 0.497 e. The third-order valence-electron chi connectivity index (χ3n) is 3.83. The van der Waals surface area contributed by atoms with Gasteiger partial charge in [-0.05, 0) is 30.7 Å². The van der Waals surface area contributed by atoms with E-state index in [2.05, 4.69) is 25.1 Å². The van der Waals surface area contributed by atoms with Crippen LogP contribution in [0.3, 0.4) is 0 Å². The van der Waals surface area contributed by atoms with E-state index in [1.54, 1.807) is 31.8 Å². The van der Waals surface area contributed by atoms with Crippen LogP contribution in [0.25, 0.3) is 28.2 Å². The molecule has 0 saturated heterocycles. The second kappa shape index (κ2) is 5.34. The maximum Gasteiger partial charge on any atom is 0.333 e. The number of imidazole rings is 1. The standard InChI is InChI=1S/C16H14N6O2/c1-9-5-11(24-2)3-4-13(9)22-15-14(21-16(22)23)20-12(8-17-15)10-6-18-19-7-10/h3-8H,1-2H3,(H,18,19)(H,20,21,23). The molecule has 0 unspecified atom stereocenters. The van der Waals surface area contributed by atoms with Crippen LogP contribution in [-0.4, -0.2) is 36.8 Å². The molecule has 0 saturated carbocycles. The van der Waals surface area contributed by atoms with Gasteiger partial charge in [0.15, 0.2) is 11.3 Å². The lowest BCUT2D eigenvalue weighted by molar-refractivity contribution is 0.414. The number of nitrogens with one attached hydrogen (secondary N) is 2. The van der Waals surface area contributed by atoms with Gasteiger partial charge in [-0.2, -0.15) is 5.10 Å². The molecule has 24 heavy (non-hydrogen) atoms. The molecule has 8 heteroatoms. The molecule has 8 nitrogen and oxygen atoms in total. The zero-order chi connectivity index (χ0) is 16.7. The van der Waals surface area contributed by atoms with E-state index in [4.69, 9.17) is 4.74 Å². The summed E-state index contributed by atoms with van der Waals surface area (Å²) in [4.78, 5) is 24.1. The third-order valence-corrected chi connectivity index (χ3v) is 3.83. The summed E-state index contributed by atoms with van der Waals surface area (Å²) in [6, 6.07) is 5.50. The predicted molar refractivity (Wildman–Crippen MR) is 88.4 cm³/mol. The van der Waals surface area contributed by atoms with Crippen molar-refractivity contribution in [2.75, 3.05) is 7.11 Å². The van der Waals surface area contributed by atoms with Crippen LogP contribution in [0.15, 0.2) is 41.6 Å². The molecule has 2 N–H and O–H groups in total. The van der Waals surface area contributed by atoms with E-state index >= 15 is 0 Å². The molecule has 0 aliphatic carbocycles. The van der Waals surface area contributed by atoms with Crippen molar-refractivity contribution in [2.45, 2.75) is 6.92 Å². The van der Waals surface area contributed by atoms with Crippen LogP contribution >= 0.6 is 0 Å². The van der Waals surface area contributed by atoms with E-state index in [0.29, 0.717) is 17.0 Å². The summed E-state index contributed by atoms with van der Waals surface area (Å²) in [6.45, 7) is 1.91. The molecule has 0 spiro atoms. The number of aromatic nitrogens is 6. The lowest BCUT2D eigenvalue weighted by Crippen LogP contribution is -2.16. The zero-order valence-corrected chi connectivity index (χ0v) is 13.1. The van der Waals surface area contributed by atoms with Crippen LogP contribution in [0.5, 0.6) is 5.75 Å². The molecule has 0 amide bonds. The van der Waals surface area contributed by atoms with Crippen LogP contribution < -0.4 is 10.4 Å². The van der Waals surface area contributed by atoms with Gasteiger partial charge in [0.1, 0.15) is 5.75 Å². The Labute approximate surface area is 136 Å². The quantitative estimate of drug-likeness (QED) is 0.599. The molecule has 0 atom stereocenters. The van der Waals surface area contributed by atoms with Gasteiger partial charge in [0.2, 0.25) is 0 Å².